The molecule has 0 aromatic carbocycles. The fourth-order valence-corrected chi connectivity index (χ4v) is 3.96. The second-order valence-corrected chi connectivity index (χ2v) is 7.66. The minimum Gasteiger partial charge on any atom is -0.489 e. The number of hydrogen-bond donors (Lipinski definition) is 1. The summed E-state index contributed by atoms with van der Waals surface area (Å²) in [6.07, 6.45) is 12.9. The number of nitrogens with zero attached hydrogens (tertiary/aromatic N) is 3. The van der Waals surface area contributed by atoms with Crippen LogP contribution in [-0.2, 0) is 4.79 Å². The summed E-state index contributed by atoms with van der Waals surface area (Å²) in [4.78, 5) is 25.0. The minimum atomic E-state index is -0.577. The van der Waals surface area contributed by atoms with Gasteiger partial charge in [-0.25, -0.2) is 15.0 Å². The summed E-state index contributed by atoms with van der Waals surface area (Å²) >= 11 is 0. The van der Waals surface area contributed by atoms with E-state index in [0.717, 1.165) is 18.5 Å². The summed E-state index contributed by atoms with van der Waals surface area (Å²) in [5.74, 6) is 0.677. The van der Waals surface area contributed by atoms with Gasteiger partial charge in [-0.05, 0) is 44.7 Å². The Balaban J connectivity index is 1.50. The molecule has 3 atom stereocenters. The summed E-state index contributed by atoms with van der Waals surface area (Å²) in [5.41, 5.74) is 0.974. The number of aromatic nitrogens is 3. The molecule has 4 rings (SSSR count). The maximum absolute atomic E-state index is 13.0. The molecule has 1 N–H and O–H groups in total. The molecule has 6 nitrogen and oxygen atoms in total. The van der Waals surface area contributed by atoms with Crippen molar-refractivity contribution in [1.82, 2.24) is 15.0 Å². The van der Waals surface area contributed by atoms with Crippen LogP contribution in [0.4, 0.5) is 10.1 Å². The van der Waals surface area contributed by atoms with Gasteiger partial charge in [-0.1, -0.05) is 24.3 Å². The Kier molecular flexibility index (Phi) is 5.13. The molecule has 7 heteroatoms. The van der Waals surface area contributed by atoms with Crippen molar-refractivity contribution in [2.45, 2.75) is 26.7 Å². The highest BCUT2D eigenvalue weighted by molar-refractivity contribution is 5.95. The van der Waals surface area contributed by atoms with Gasteiger partial charge in [-0.3, -0.25) is 4.79 Å². The molecule has 150 valence electrons. The maximum Gasteiger partial charge on any atom is 0.228 e. The Morgan fingerprint density at radius 2 is 2.14 bits per heavy atom. The molecular weight excluding hydrogens is 371 g/mol. The zero-order valence-corrected chi connectivity index (χ0v) is 16.4. The van der Waals surface area contributed by atoms with E-state index in [2.05, 4.69) is 32.4 Å². The zero-order chi connectivity index (χ0) is 20.4. The molecule has 0 radical (unpaired) electrons. The number of carbonyl (C=O) groups is 1. The molecule has 2 aromatic heterocycles. The number of allylic oxidation sites excluding steroid dienone is 4. The average molecular weight is 394 g/mol. The van der Waals surface area contributed by atoms with Crippen molar-refractivity contribution in [1.29, 1.82) is 0 Å². The third kappa shape index (κ3) is 4.04. The number of halogens is 1. The lowest BCUT2D eigenvalue weighted by molar-refractivity contribution is -0.118. The molecule has 1 fully saturated rings. The minimum absolute atomic E-state index is 0.0955. The lowest BCUT2D eigenvalue weighted by Gasteiger charge is -2.26. The standard InChI is InChI=1S/C22H23FN4O2/c1-14-19(12-24-15(2)26-14)29-13-22(16-6-4-3-5-7-16)10-18(22)21(28)27-17-8-9-20(23)25-11-17/h3-6,8-9,11-12,16,18H,7,10,13H2,1-2H3,(H,27,28)/t16?,18-,22+/m0/s1. The number of anilines is 1. The van der Waals surface area contributed by atoms with Crippen LogP contribution in [0, 0.1) is 37.0 Å². The number of aryl methyl sites for hydroxylation is 2. The maximum atomic E-state index is 13.0. The number of pyridine rings is 1. The van der Waals surface area contributed by atoms with E-state index in [1.54, 1.807) is 6.20 Å². The monoisotopic (exact) mass is 394 g/mol. The SMILES string of the molecule is Cc1ncc(OC[C@@]2(C3C=CC=CC3)C[C@H]2C(=O)Nc2ccc(F)nc2)c(C)n1. The van der Waals surface area contributed by atoms with E-state index >= 15 is 0 Å². The van der Waals surface area contributed by atoms with Gasteiger partial charge in [0, 0.05) is 11.3 Å². The van der Waals surface area contributed by atoms with Gasteiger partial charge in [-0.15, -0.1) is 0 Å². The van der Waals surface area contributed by atoms with Gasteiger partial charge in [0.25, 0.3) is 0 Å². The predicted molar refractivity (Wildman–Crippen MR) is 107 cm³/mol. The van der Waals surface area contributed by atoms with Gasteiger partial charge >= 0.3 is 0 Å². The highest BCUT2D eigenvalue weighted by Gasteiger charge is 2.62. The predicted octanol–water partition coefficient (Wildman–Crippen LogP) is 3.78. The van der Waals surface area contributed by atoms with E-state index in [0.29, 0.717) is 23.9 Å². The van der Waals surface area contributed by atoms with E-state index in [9.17, 15) is 9.18 Å². The normalized spacial score (nSPS) is 24.9. The van der Waals surface area contributed by atoms with Crippen molar-refractivity contribution >= 4 is 11.6 Å². The smallest absolute Gasteiger partial charge is 0.228 e. The van der Waals surface area contributed by atoms with Gasteiger partial charge in [0.1, 0.15) is 5.82 Å². The number of carbonyl (C=O) groups excluding carboxylic acids is 1. The van der Waals surface area contributed by atoms with Crippen LogP contribution in [0.5, 0.6) is 5.75 Å². The lowest BCUT2D eigenvalue weighted by Crippen LogP contribution is -2.29. The summed E-state index contributed by atoms with van der Waals surface area (Å²) < 4.78 is 19.1. The van der Waals surface area contributed by atoms with Crippen molar-refractivity contribution in [3.63, 3.8) is 0 Å². The van der Waals surface area contributed by atoms with E-state index in [1.807, 2.05) is 26.0 Å². The molecule has 1 amide bonds. The molecular formula is C22H23FN4O2. The Morgan fingerprint density at radius 1 is 1.28 bits per heavy atom. The molecule has 2 aliphatic carbocycles. The van der Waals surface area contributed by atoms with Crippen LogP contribution in [0.3, 0.4) is 0 Å². The van der Waals surface area contributed by atoms with Crippen molar-refractivity contribution in [3.05, 3.63) is 66.3 Å². The summed E-state index contributed by atoms with van der Waals surface area (Å²) in [6, 6.07) is 2.74. The third-order valence-electron chi connectivity index (χ3n) is 5.70. The van der Waals surface area contributed by atoms with Crippen LogP contribution in [0.1, 0.15) is 24.4 Å². The molecule has 0 spiro atoms. The average Bonchev–Trinajstić information content (AvgIpc) is 3.46. The van der Waals surface area contributed by atoms with E-state index in [4.69, 9.17) is 4.74 Å². The molecule has 2 heterocycles. The van der Waals surface area contributed by atoms with Crippen molar-refractivity contribution in [2.24, 2.45) is 17.3 Å². The molecule has 0 aliphatic heterocycles. The van der Waals surface area contributed by atoms with Gasteiger partial charge in [0.05, 0.1) is 30.4 Å². The molecule has 0 bridgehead atoms. The fourth-order valence-electron chi connectivity index (χ4n) is 3.96. The van der Waals surface area contributed by atoms with Crippen molar-refractivity contribution < 1.29 is 13.9 Å². The van der Waals surface area contributed by atoms with E-state index < -0.39 is 5.95 Å². The molecule has 2 aromatic rings. The first-order valence-corrected chi connectivity index (χ1v) is 9.67. The fraction of sp³-hybridized carbons (Fsp3) is 0.364. The van der Waals surface area contributed by atoms with Gasteiger partial charge < -0.3 is 10.1 Å². The molecule has 29 heavy (non-hydrogen) atoms. The second kappa shape index (κ2) is 7.73. The van der Waals surface area contributed by atoms with Crippen LogP contribution in [-0.4, -0.2) is 27.5 Å². The largest absolute Gasteiger partial charge is 0.489 e. The topological polar surface area (TPSA) is 77.0 Å². The van der Waals surface area contributed by atoms with Crippen molar-refractivity contribution in [2.75, 3.05) is 11.9 Å². The zero-order valence-electron chi connectivity index (χ0n) is 16.4. The molecule has 1 unspecified atom stereocenters. The summed E-state index contributed by atoms with van der Waals surface area (Å²) in [7, 11) is 0. The first-order valence-electron chi connectivity index (χ1n) is 9.67. The molecule has 2 aliphatic rings. The highest BCUT2D eigenvalue weighted by atomic mass is 19.1. The van der Waals surface area contributed by atoms with Crippen LogP contribution in [0.25, 0.3) is 0 Å². The Labute approximate surface area is 168 Å². The Hall–Kier alpha value is -3.09. The highest BCUT2D eigenvalue weighted by Crippen LogP contribution is 2.60. The first kappa shape index (κ1) is 19.2. The van der Waals surface area contributed by atoms with Crippen LogP contribution in [0.15, 0.2) is 48.8 Å². The van der Waals surface area contributed by atoms with Crippen LogP contribution < -0.4 is 10.1 Å². The third-order valence-corrected chi connectivity index (χ3v) is 5.70. The summed E-state index contributed by atoms with van der Waals surface area (Å²) in [6.45, 7) is 4.13. The number of amides is 1. The van der Waals surface area contributed by atoms with Gasteiger partial charge in [0.15, 0.2) is 5.75 Å². The number of ether oxygens (including phenoxy) is 1. The van der Waals surface area contributed by atoms with Crippen LogP contribution in [0.2, 0.25) is 0 Å². The quantitative estimate of drug-likeness (QED) is 0.755. The number of nitrogens with one attached hydrogen (secondary N) is 1. The van der Waals surface area contributed by atoms with E-state index in [-0.39, 0.29) is 23.2 Å². The summed E-state index contributed by atoms with van der Waals surface area (Å²) in [5, 5.41) is 2.85. The van der Waals surface area contributed by atoms with Crippen LogP contribution >= 0.6 is 0 Å². The lowest BCUT2D eigenvalue weighted by atomic mass is 9.82. The Bertz CT molecular complexity index is 973. The molecule has 1 saturated carbocycles. The van der Waals surface area contributed by atoms with E-state index in [1.165, 1.54) is 18.3 Å². The van der Waals surface area contributed by atoms with Crippen molar-refractivity contribution in [3.8, 4) is 5.75 Å². The molecule has 0 saturated heterocycles. The number of rotatable bonds is 6. The van der Waals surface area contributed by atoms with Gasteiger partial charge in [0.2, 0.25) is 11.9 Å². The van der Waals surface area contributed by atoms with Gasteiger partial charge in [-0.2, -0.15) is 4.39 Å². The Morgan fingerprint density at radius 3 is 2.83 bits per heavy atom. The first-order chi connectivity index (χ1) is 14.0. The second-order valence-electron chi connectivity index (χ2n) is 7.66. The number of hydrogen-bond acceptors (Lipinski definition) is 5.